The lowest BCUT2D eigenvalue weighted by molar-refractivity contribution is -0.141. The molecule has 0 radical (unpaired) electrons. The van der Waals surface area contributed by atoms with Crippen LogP contribution in [-0.2, 0) is 25.2 Å². The number of hydrogen-bond acceptors (Lipinski definition) is 7. The number of carbonyl (C=O) groups is 4. The van der Waals surface area contributed by atoms with E-state index >= 15 is 0 Å². The van der Waals surface area contributed by atoms with Gasteiger partial charge in [-0.1, -0.05) is 18.2 Å². The fourth-order valence-electron chi connectivity index (χ4n) is 2.58. The number of rotatable bonds is 10. The largest absolute Gasteiger partial charge is 0.480 e. The Morgan fingerprint density at radius 1 is 0.861 bits per heavy atom. The van der Waals surface area contributed by atoms with E-state index in [4.69, 9.17) is 10.2 Å². The standard InChI is InChI=1S/C12H12F3NO4.C10H12N2O4/c1-20-6-9(11(18)19)16-10(17)7-4-2-3-5-8(7)12(13,14)15;1-16-6-8(10(14)15)12-9(13)7-4-2-3-5-11-7/h2-5,9H,6H2,1H3,(H,16,17)(H,18,19);2-5,8H,6H2,1H3,(H,12,13)(H,14,15)/t9-;8-/m00/s1. The lowest BCUT2D eigenvalue weighted by Gasteiger charge is -2.16. The number of amides is 2. The third-order valence-corrected chi connectivity index (χ3v) is 4.25. The Morgan fingerprint density at radius 3 is 1.81 bits per heavy atom. The molecule has 0 unspecified atom stereocenters. The normalized spacial score (nSPS) is 12.4. The number of pyridine rings is 1. The summed E-state index contributed by atoms with van der Waals surface area (Å²) in [6, 6.07) is 6.45. The number of nitrogens with zero attached hydrogens (tertiary/aromatic N) is 1. The van der Waals surface area contributed by atoms with Crippen LogP contribution in [0.1, 0.15) is 26.4 Å². The predicted molar refractivity (Wildman–Crippen MR) is 117 cm³/mol. The molecule has 14 heteroatoms. The van der Waals surface area contributed by atoms with Gasteiger partial charge in [0.1, 0.15) is 5.69 Å². The Labute approximate surface area is 203 Å². The quantitative estimate of drug-likeness (QED) is 0.367. The molecular formula is C22H24F3N3O8. The molecule has 2 aromatic rings. The summed E-state index contributed by atoms with van der Waals surface area (Å²) >= 11 is 0. The third kappa shape index (κ3) is 9.68. The van der Waals surface area contributed by atoms with Gasteiger partial charge in [0.2, 0.25) is 0 Å². The number of nitrogens with one attached hydrogen (secondary N) is 2. The van der Waals surface area contributed by atoms with Crippen molar-refractivity contribution in [1.29, 1.82) is 0 Å². The van der Waals surface area contributed by atoms with Crippen LogP contribution in [-0.4, -0.2) is 78.5 Å². The number of hydrogen-bond donors (Lipinski definition) is 4. The monoisotopic (exact) mass is 515 g/mol. The number of carboxylic acid groups (broad SMARTS) is 2. The Hall–Kier alpha value is -4.04. The molecule has 0 spiro atoms. The van der Waals surface area contributed by atoms with Crippen LogP contribution >= 0.6 is 0 Å². The van der Waals surface area contributed by atoms with Crippen LogP contribution in [0.25, 0.3) is 0 Å². The first kappa shape index (κ1) is 30.0. The van der Waals surface area contributed by atoms with Crippen molar-refractivity contribution >= 4 is 23.8 Å². The molecule has 11 nitrogen and oxygen atoms in total. The van der Waals surface area contributed by atoms with Crippen molar-refractivity contribution < 1.29 is 52.0 Å². The smallest absolute Gasteiger partial charge is 0.417 e. The molecular weight excluding hydrogens is 491 g/mol. The maximum Gasteiger partial charge on any atom is 0.417 e. The molecule has 0 saturated heterocycles. The van der Waals surface area contributed by atoms with Crippen molar-refractivity contribution in [2.24, 2.45) is 0 Å². The molecule has 4 N–H and O–H groups in total. The van der Waals surface area contributed by atoms with Crippen molar-refractivity contribution in [2.75, 3.05) is 27.4 Å². The van der Waals surface area contributed by atoms with Crippen LogP contribution in [0.4, 0.5) is 13.2 Å². The number of ether oxygens (including phenoxy) is 2. The van der Waals surface area contributed by atoms with Gasteiger partial charge in [-0.05, 0) is 24.3 Å². The summed E-state index contributed by atoms with van der Waals surface area (Å²) in [7, 11) is 2.58. The molecule has 0 saturated carbocycles. The summed E-state index contributed by atoms with van der Waals surface area (Å²) in [5.74, 6) is -4.21. The molecule has 2 rings (SSSR count). The summed E-state index contributed by atoms with van der Waals surface area (Å²) in [4.78, 5) is 48.7. The minimum absolute atomic E-state index is 0.0894. The summed E-state index contributed by atoms with van der Waals surface area (Å²) < 4.78 is 47.5. The fraction of sp³-hybridized carbons (Fsp3) is 0.318. The van der Waals surface area contributed by atoms with Gasteiger partial charge in [-0.15, -0.1) is 0 Å². The molecule has 1 aromatic heterocycles. The van der Waals surface area contributed by atoms with Gasteiger partial charge >= 0.3 is 18.1 Å². The summed E-state index contributed by atoms with van der Waals surface area (Å²) in [5.41, 5.74) is -1.59. The average molecular weight is 515 g/mol. The number of benzene rings is 1. The SMILES string of the molecule is COC[C@H](NC(=O)c1ccccc1C(F)(F)F)C(=O)O.COC[C@H](NC(=O)c1ccccn1)C(=O)O. The zero-order valence-corrected chi connectivity index (χ0v) is 19.1. The third-order valence-electron chi connectivity index (χ3n) is 4.25. The zero-order chi connectivity index (χ0) is 27.3. The van der Waals surface area contributed by atoms with E-state index in [1.807, 2.05) is 5.32 Å². The number of methoxy groups -OCH3 is 2. The van der Waals surface area contributed by atoms with Gasteiger partial charge < -0.3 is 30.3 Å². The maximum absolute atomic E-state index is 12.7. The van der Waals surface area contributed by atoms with Crippen molar-refractivity contribution in [2.45, 2.75) is 18.3 Å². The van der Waals surface area contributed by atoms with Crippen LogP contribution in [0.5, 0.6) is 0 Å². The molecule has 0 fully saturated rings. The van der Waals surface area contributed by atoms with Crippen LogP contribution in [0.3, 0.4) is 0 Å². The first-order valence-corrected chi connectivity index (χ1v) is 10.0. The molecule has 2 atom stereocenters. The predicted octanol–water partition coefficient (Wildman–Crippen LogP) is 1.45. The van der Waals surface area contributed by atoms with E-state index in [-0.39, 0.29) is 18.9 Å². The van der Waals surface area contributed by atoms with Gasteiger partial charge in [-0.2, -0.15) is 13.2 Å². The Kier molecular flexibility index (Phi) is 12.0. The average Bonchev–Trinajstić information content (AvgIpc) is 2.83. The van der Waals surface area contributed by atoms with E-state index in [1.165, 1.54) is 32.5 Å². The topological polar surface area (TPSA) is 164 Å². The second-order valence-corrected chi connectivity index (χ2v) is 6.90. The molecule has 196 valence electrons. The van der Waals surface area contributed by atoms with Crippen molar-refractivity contribution in [1.82, 2.24) is 15.6 Å². The van der Waals surface area contributed by atoms with Gasteiger partial charge in [-0.3, -0.25) is 14.6 Å². The Balaban J connectivity index is 0.000000369. The summed E-state index contributed by atoms with van der Waals surface area (Å²) in [6.45, 7) is -0.441. The van der Waals surface area contributed by atoms with Crippen molar-refractivity contribution in [3.63, 3.8) is 0 Å². The van der Waals surface area contributed by atoms with Crippen LogP contribution in [0, 0.1) is 0 Å². The maximum atomic E-state index is 12.7. The summed E-state index contributed by atoms with van der Waals surface area (Å²) in [5, 5.41) is 21.9. The molecule has 1 heterocycles. The molecule has 0 aliphatic heterocycles. The van der Waals surface area contributed by atoms with Crippen molar-refractivity contribution in [3.05, 3.63) is 65.5 Å². The first-order valence-electron chi connectivity index (χ1n) is 10.0. The van der Waals surface area contributed by atoms with E-state index < -0.39 is 53.1 Å². The minimum Gasteiger partial charge on any atom is -0.480 e. The number of halogens is 3. The van der Waals surface area contributed by atoms with Gasteiger partial charge in [0.05, 0.1) is 24.3 Å². The number of carboxylic acids is 2. The molecule has 0 aliphatic carbocycles. The zero-order valence-electron chi connectivity index (χ0n) is 19.1. The highest BCUT2D eigenvalue weighted by molar-refractivity contribution is 5.98. The van der Waals surface area contributed by atoms with Gasteiger partial charge in [0, 0.05) is 20.4 Å². The number of carbonyl (C=O) groups excluding carboxylic acids is 2. The molecule has 0 bridgehead atoms. The van der Waals surface area contributed by atoms with Gasteiger partial charge in [0.25, 0.3) is 11.8 Å². The fourth-order valence-corrected chi connectivity index (χ4v) is 2.58. The van der Waals surface area contributed by atoms with Crippen LogP contribution < -0.4 is 10.6 Å². The molecule has 1 aromatic carbocycles. The van der Waals surface area contributed by atoms with Crippen molar-refractivity contribution in [3.8, 4) is 0 Å². The Morgan fingerprint density at radius 2 is 1.36 bits per heavy atom. The van der Waals surface area contributed by atoms with E-state index in [9.17, 15) is 32.3 Å². The summed E-state index contributed by atoms with van der Waals surface area (Å²) in [6.07, 6.45) is -3.24. The second-order valence-electron chi connectivity index (χ2n) is 6.90. The Bertz CT molecular complexity index is 1030. The molecule has 0 aliphatic rings. The highest BCUT2D eigenvalue weighted by atomic mass is 19.4. The van der Waals surface area contributed by atoms with E-state index in [0.29, 0.717) is 0 Å². The number of alkyl halides is 3. The number of aliphatic carboxylic acids is 2. The molecule has 36 heavy (non-hydrogen) atoms. The van der Waals surface area contributed by atoms with E-state index in [0.717, 1.165) is 18.2 Å². The first-order chi connectivity index (χ1) is 16.9. The van der Waals surface area contributed by atoms with E-state index in [2.05, 4.69) is 19.8 Å². The number of aromatic nitrogens is 1. The van der Waals surface area contributed by atoms with Gasteiger partial charge in [0.15, 0.2) is 12.1 Å². The lowest BCUT2D eigenvalue weighted by atomic mass is 10.1. The van der Waals surface area contributed by atoms with Crippen LogP contribution in [0.2, 0.25) is 0 Å². The highest BCUT2D eigenvalue weighted by Gasteiger charge is 2.35. The highest BCUT2D eigenvalue weighted by Crippen LogP contribution is 2.31. The molecule has 2 amide bonds. The van der Waals surface area contributed by atoms with Gasteiger partial charge in [-0.25, -0.2) is 9.59 Å². The van der Waals surface area contributed by atoms with E-state index in [1.54, 1.807) is 12.1 Å². The second kappa shape index (κ2) is 14.4. The van der Waals surface area contributed by atoms with Crippen LogP contribution in [0.15, 0.2) is 48.7 Å². The lowest BCUT2D eigenvalue weighted by Crippen LogP contribution is -2.44. The minimum atomic E-state index is -4.70.